The van der Waals surface area contributed by atoms with E-state index >= 15 is 8.42 Å². The third kappa shape index (κ3) is 8.11. The van der Waals surface area contributed by atoms with Crippen LogP contribution in [0.25, 0.3) is 11.0 Å². The number of primary amides is 1. The number of hydrogen-bond acceptors (Lipinski definition) is 15. The van der Waals surface area contributed by atoms with Crippen molar-refractivity contribution in [2.45, 2.75) is 105 Å². The molecule has 1 spiro atoms. The molecule has 12 rings (SSSR count). The first-order valence-electron chi connectivity index (χ1n) is 25.7. The number of piperidine rings is 1. The SMILES string of the molecule is Cc1ccccc1[C@@H]1CCCN1C1CC2(CCN(c3ccc(C(N)=O)c(N4c5cc6cc[nH]c6nc5O[C@@H]5COC[C@H]54)c3S(=O)(=O)c3cc4c(c([N+](=O)[O-])c3)N[C@@H](CN3CCN(C(C)C)CC3)CO4)CC2)C1. The van der Waals surface area contributed by atoms with Gasteiger partial charge >= 0.3 is 0 Å². The van der Waals surface area contributed by atoms with Crippen molar-refractivity contribution >= 4 is 55.2 Å². The van der Waals surface area contributed by atoms with E-state index in [1.54, 1.807) is 18.3 Å². The summed E-state index contributed by atoms with van der Waals surface area (Å²) in [7, 11) is -4.76. The van der Waals surface area contributed by atoms with Gasteiger partial charge in [0.2, 0.25) is 15.7 Å². The number of aromatic nitrogens is 2. The van der Waals surface area contributed by atoms with E-state index in [-0.39, 0.29) is 69.6 Å². The zero-order valence-corrected chi connectivity index (χ0v) is 42.0. The molecule has 4 atom stereocenters. The molecule has 1 saturated carbocycles. The largest absolute Gasteiger partial charge is 0.489 e. The quantitative estimate of drug-likeness (QED) is 0.0920. The second kappa shape index (κ2) is 18.2. The summed E-state index contributed by atoms with van der Waals surface area (Å²) < 4.78 is 51.0. The number of nitrogens with two attached hydrogens (primary N) is 1. The minimum Gasteiger partial charge on any atom is -0.489 e. The number of aryl methyl sites for hydroxylation is 1. The molecule has 18 nitrogen and oxygen atoms in total. The molecule has 8 heterocycles. The number of aromatic amines is 1. The first-order valence-corrected chi connectivity index (χ1v) is 27.2. The number of anilines is 4. The Labute approximate surface area is 419 Å². The lowest BCUT2D eigenvalue weighted by atomic mass is 9.59. The molecular formula is C53H64N10O8S. The van der Waals surface area contributed by atoms with E-state index in [1.165, 1.54) is 23.6 Å². The Morgan fingerprint density at radius 2 is 1.76 bits per heavy atom. The second-order valence-corrected chi connectivity index (χ2v) is 23.4. The van der Waals surface area contributed by atoms with Crippen LogP contribution in [-0.4, -0.2) is 146 Å². The summed E-state index contributed by atoms with van der Waals surface area (Å²) in [6, 6.07) is 18.8. The number of nitro groups is 1. The number of rotatable bonds is 11. The molecular weight excluding hydrogens is 937 g/mol. The van der Waals surface area contributed by atoms with Gasteiger partial charge in [-0.2, -0.15) is 4.98 Å². The number of carbonyl (C=O) groups is 1. The van der Waals surface area contributed by atoms with Crippen molar-refractivity contribution in [2.75, 3.05) is 87.3 Å². The van der Waals surface area contributed by atoms with E-state index in [2.05, 4.69) is 74.9 Å². The number of H-pyrrole nitrogens is 1. The van der Waals surface area contributed by atoms with Crippen LogP contribution < -0.4 is 30.3 Å². The fourth-order valence-corrected chi connectivity index (χ4v) is 14.8. The molecule has 5 fully saturated rings. The van der Waals surface area contributed by atoms with Gasteiger partial charge in [0.15, 0.2) is 11.4 Å². The van der Waals surface area contributed by atoms with Crippen molar-refractivity contribution in [3.8, 4) is 11.6 Å². The summed E-state index contributed by atoms with van der Waals surface area (Å²) in [5, 5.41) is 17.2. The number of ether oxygens (including phenoxy) is 3. The number of likely N-dealkylation sites (tertiary alicyclic amines) is 1. The highest BCUT2D eigenvalue weighted by Crippen LogP contribution is 2.56. The molecule has 2 aromatic heterocycles. The van der Waals surface area contributed by atoms with E-state index in [0.29, 0.717) is 54.8 Å². The summed E-state index contributed by atoms with van der Waals surface area (Å²) in [6.07, 6.45) is 7.39. The van der Waals surface area contributed by atoms with E-state index in [9.17, 15) is 14.9 Å². The van der Waals surface area contributed by atoms with Gasteiger partial charge in [0.25, 0.3) is 11.6 Å². The van der Waals surface area contributed by atoms with E-state index in [0.717, 1.165) is 76.3 Å². The van der Waals surface area contributed by atoms with E-state index < -0.39 is 38.5 Å². The van der Waals surface area contributed by atoms with Crippen molar-refractivity contribution in [1.82, 2.24) is 24.7 Å². The number of carbonyl (C=O) groups excluding carboxylic acids is 1. The Hall–Kier alpha value is -5.99. The minimum atomic E-state index is -4.76. The molecule has 3 aromatic carbocycles. The van der Waals surface area contributed by atoms with Gasteiger partial charge in [0.05, 0.1) is 52.1 Å². The standard InChI is InChI=1S/C53H64N10O8S/c1-32(2)59-21-19-58(20-22-59)28-35-29-70-45-25-37(24-42(63(65)66)47(45)56-35)72(67,68)49-41(60-17-13-53(14-18-60)26-36(27-53)61-16-6-9-40(61)38-8-5-4-7-33(38)3)11-10-39(50(54)64)48(49)62-43-23-34-12-15-55-51(34)57-52(43)71-46-31-69-30-44(46)62/h4-5,7-8,10-12,15,23-25,32,35-36,40,44,46,56H,6,9,13-14,16-22,26-31H2,1-3H3,(H2,54,64)(H,55,57)/t35-,40-,44+,46+/m0/s1. The number of fused-ring (bicyclic) bond motifs is 4. The lowest BCUT2D eigenvalue weighted by molar-refractivity contribution is -0.384. The summed E-state index contributed by atoms with van der Waals surface area (Å²) >= 11 is 0. The van der Waals surface area contributed by atoms with Crippen molar-refractivity contribution in [3.05, 3.63) is 93.7 Å². The van der Waals surface area contributed by atoms with Crippen LogP contribution in [0.15, 0.2) is 76.7 Å². The van der Waals surface area contributed by atoms with Crippen molar-refractivity contribution < 1.29 is 32.3 Å². The van der Waals surface area contributed by atoms with Gasteiger partial charge in [0.1, 0.15) is 28.9 Å². The highest BCUT2D eigenvalue weighted by atomic mass is 32.2. The molecule has 4 N–H and O–H groups in total. The molecule has 0 bridgehead atoms. The van der Waals surface area contributed by atoms with Gasteiger partial charge in [-0.3, -0.25) is 29.6 Å². The first kappa shape index (κ1) is 47.0. The van der Waals surface area contributed by atoms with Crippen molar-refractivity contribution in [3.63, 3.8) is 0 Å². The highest BCUT2D eigenvalue weighted by Gasteiger charge is 2.51. The number of sulfone groups is 1. The maximum atomic E-state index is 16.1. The Bertz CT molecular complexity index is 3050. The molecule has 19 heteroatoms. The molecule has 6 aliphatic heterocycles. The van der Waals surface area contributed by atoms with Gasteiger partial charge in [-0.15, -0.1) is 0 Å². The Morgan fingerprint density at radius 1 is 0.972 bits per heavy atom. The molecule has 4 saturated heterocycles. The van der Waals surface area contributed by atoms with Gasteiger partial charge in [-0.25, -0.2) is 8.42 Å². The fourth-order valence-electron chi connectivity index (χ4n) is 13.1. The number of nitrogens with zero attached hydrogens (tertiary/aromatic N) is 7. The molecule has 0 unspecified atom stereocenters. The lowest BCUT2D eigenvalue weighted by Crippen LogP contribution is -2.55. The van der Waals surface area contributed by atoms with E-state index in [1.807, 2.05) is 17.0 Å². The number of hydrogen-bond donors (Lipinski definition) is 3. The maximum absolute atomic E-state index is 16.1. The summed E-state index contributed by atoms with van der Waals surface area (Å²) in [4.78, 5) is 45.3. The van der Waals surface area contributed by atoms with Crippen LogP contribution in [0.1, 0.15) is 79.9 Å². The van der Waals surface area contributed by atoms with Crippen LogP contribution in [0.5, 0.6) is 11.6 Å². The molecule has 380 valence electrons. The summed E-state index contributed by atoms with van der Waals surface area (Å²) in [6.45, 7) is 13.5. The average Bonchev–Trinajstić information content (AvgIpc) is 4.16. The van der Waals surface area contributed by atoms with Crippen molar-refractivity contribution in [2.24, 2.45) is 11.1 Å². The number of pyridine rings is 1. The predicted octanol–water partition coefficient (Wildman–Crippen LogP) is 6.79. The minimum absolute atomic E-state index is 0.0310. The predicted molar refractivity (Wildman–Crippen MR) is 274 cm³/mol. The third-order valence-electron chi connectivity index (χ3n) is 17.0. The van der Waals surface area contributed by atoms with Crippen molar-refractivity contribution in [1.29, 1.82) is 0 Å². The number of piperazine rings is 1. The van der Waals surface area contributed by atoms with Crippen LogP contribution in [0, 0.1) is 22.5 Å². The topological polar surface area (TPSA) is 205 Å². The number of amides is 1. The lowest BCUT2D eigenvalue weighted by Gasteiger charge is -2.56. The molecule has 1 amide bonds. The van der Waals surface area contributed by atoms with Crippen LogP contribution in [0.3, 0.4) is 0 Å². The summed E-state index contributed by atoms with van der Waals surface area (Å²) in [5.41, 5.74) is 10.3. The number of benzene rings is 3. The van der Waals surface area contributed by atoms with Gasteiger partial charge in [0, 0.05) is 87.7 Å². The van der Waals surface area contributed by atoms with Crippen LogP contribution in [0.2, 0.25) is 0 Å². The zero-order chi connectivity index (χ0) is 49.6. The molecule has 1 aliphatic carbocycles. The maximum Gasteiger partial charge on any atom is 0.297 e. The van der Waals surface area contributed by atoms with Gasteiger partial charge in [-0.05, 0) is 107 Å². The molecule has 7 aliphatic rings. The average molecular weight is 1000 g/mol. The smallest absolute Gasteiger partial charge is 0.297 e. The zero-order valence-electron chi connectivity index (χ0n) is 41.2. The van der Waals surface area contributed by atoms with Crippen LogP contribution >= 0.6 is 0 Å². The molecule has 5 aromatic rings. The Balaban J connectivity index is 0.923. The van der Waals surface area contributed by atoms with E-state index in [4.69, 9.17) is 24.9 Å². The number of nitro benzene ring substituents is 1. The third-order valence-corrected chi connectivity index (χ3v) is 18.8. The molecule has 0 radical (unpaired) electrons. The van der Waals surface area contributed by atoms with Gasteiger partial charge < -0.3 is 40.0 Å². The molecule has 72 heavy (non-hydrogen) atoms. The first-order chi connectivity index (χ1) is 34.7. The number of nitrogens with one attached hydrogen (secondary N) is 2. The van der Waals surface area contributed by atoms with Crippen LogP contribution in [0.4, 0.5) is 28.4 Å². The normalized spacial score (nSPS) is 24.6. The highest BCUT2D eigenvalue weighted by molar-refractivity contribution is 7.91. The Morgan fingerprint density at radius 3 is 2.51 bits per heavy atom. The second-order valence-electron chi connectivity index (χ2n) is 21.5. The fraction of sp³-hybridized carbons (Fsp3) is 0.509. The van der Waals surface area contributed by atoms with Gasteiger partial charge in [-0.1, -0.05) is 24.3 Å². The Kier molecular flexibility index (Phi) is 11.9. The summed E-state index contributed by atoms with van der Waals surface area (Å²) in [5.74, 6) is -0.528. The monoisotopic (exact) mass is 1000 g/mol. The van der Waals surface area contributed by atoms with Crippen LogP contribution in [-0.2, 0) is 14.6 Å².